The highest BCUT2D eigenvalue weighted by Gasteiger charge is 2.34. The minimum atomic E-state index is 0.128. The Morgan fingerprint density at radius 2 is 0.652 bits per heavy atom. The SMILES string of the molecule is O=C1CN1c1cc(-c2ccc(-c3ccncc3)cc2)c(-c2ccc(-c3ccncc3)cc2)cc1-c1ccc(-c2ccncc2)cc1. The Morgan fingerprint density at radius 1 is 0.370 bits per heavy atom. The molecule has 218 valence electrons. The van der Waals surface area contributed by atoms with Crippen LogP contribution < -0.4 is 4.90 Å². The van der Waals surface area contributed by atoms with Crippen molar-refractivity contribution >= 4 is 11.6 Å². The van der Waals surface area contributed by atoms with Gasteiger partial charge in [0.1, 0.15) is 6.54 Å². The van der Waals surface area contributed by atoms with E-state index in [0.29, 0.717) is 6.54 Å². The Kier molecular flexibility index (Phi) is 6.97. The lowest BCUT2D eigenvalue weighted by molar-refractivity contribution is -0.109. The molecule has 1 saturated heterocycles. The molecule has 0 bridgehead atoms. The van der Waals surface area contributed by atoms with Crippen LogP contribution in [0.1, 0.15) is 0 Å². The van der Waals surface area contributed by atoms with E-state index < -0.39 is 0 Å². The number of carbonyl (C=O) groups excluding carboxylic acids is 1. The van der Waals surface area contributed by atoms with Crippen LogP contribution in [0.15, 0.2) is 159 Å². The summed E-state index contributed by atoms with van der Waals surface area (Å²) in [6.07, 6.45) is 10.9. The molecular formula is C41H28N4O. The molecule has 5 heteroatoms. The molecule has 1 aliphatic heterocycles. The molecule has 0 aliphatic carbocycles. The number of aromatic nitrogens is 3. The predicted octanol–water partition coefficient (Wildman–Crippen LogP) is 9.22. The number of benzene rings is 4. The van der Waals surface area contributed by atoms with Crippen LogP contribution in [0.25, 0.3) is 66.8 Å². The normalized spacial score (nSPS) is 12.3. The monoisotopic (exact) mass is 592 g/mol. The van der Waals surface area contributed by atoms with Gasteiger partial charge in [-0.15, -0.1) is 0 Å². The van der Waals surface area contributed by atoms with Gasteiger partial charge in [0.2, 0.25) is 5.91 Å². The van der Waals surface area contributed by atoms with E-state index in [4.69, 9.17) is 0 Å². The highest BCUT2D eigenvalue weighted by Crippen LogP contribution is 2.44. The standard InChI is InChI=1S/C41H28N4O/c46-41-27-45(41)40-26-38(35-9-3-29(4-10-35)32-15-21-43-22-16-32)37(34-7-1-28(2-8-34)31-13-19-42-20-14-31)25-39(40)36-11-5-30(6-12-36)33-17-23-44-24-18-33/h1-26H,27H2. The third-order valence-corrected chi connectivity index (χ3v) is 8.55. The number of carbonyl (C=O) groups is 1. The molecule has 1 aliphatic rings. The van der Waals surface area contributed by atoms with Crippen molar-refractivity contribution in [2.75, 3.05) is 11.4 Å². The molecular weight excluding hydrogens is 564 g/mol. The van der Waals surface area contributed by atoms with Gasteiger partial charge in [0.25, 0.3) is 0 Å². The molecule has 0 N–H and O–H groups in total. The van der Waals surface area contributed by atoms with Gasteiger partial charge in [-0.1, -0.05) is 72.8 Å². The topological polar surface area (TPSA) is 58.8 Å². The maximum atomic E-state index is 12.6. The first-order valence-electron chi connectivity index (χ1n) is 15.2. The molecule has 1 fully saturated rings. The van der Waals surface area contributed by atoms with Gasteiger partial charge in [-0.3, -0.25) is 19.7 Å². The van der Waals surface area contributed by atoms with Crippen LogP contribution in [0, 0.1) is 0 Å². The summed E-state index contributed by atoms with van der Waals surface area (Å²) in [5.41, 5.74) is 14.1. The Morgan fingerprint density at radius 3 is 1.00 bits per heavy atom. The summed E-state index contributed by atoms with van der Waals surface area (Å²) >= 11 is 0. The largest absolute Gasteiger partial charge is 0.301 e. The molecule has 46 heavy (non-hydrogen) atoms. The summed E-state index contributed by atoms with van der Waals surface area (Å²) in [6.45, 7) is 0.419. The van der Waals surface area contributed by atoms with Crippen LogP contribution in [0.2, 0.25) is 0 Å². The molecule has 5 nitrogen and oxygen atoms in total. The molecule has 0 unspecified atom stereocenters. The van der Waals surface area contributed by atoms with E-state index in [1.165, 1.54) is 0 Å². The van der Waals surface area contributed by atoms with Crippen molar-refractivity contribution in [2.45, 2.75) is 0 Å². The second kappa shape index (κ2) is 11.7. The van der Waals surface area contributed by atoms with E-state index in [1.54, 1.807) is 0 Å². The summed E-state index contributed by atoms with van der Waals surface area (Å²) in [7, 11) is 0. The number of nitrogens with zero attached hydrogens (tertiary/aromatic N) is 4. The summed E-state index contributed by atoms with van der Waals surface area (Å²) in [5.74, 6) is 0.128. The van der Waals surface area contributed by atoms with Gasteiger partial charge in [-0.25, -0.2) is 0 Å². The van der Waals surface area contributed by atoms with E-state index >= 15 is 0 Å². The lowest BCUT2D eigenvalue weighted by atomic mass is 9.88. The third kappa shape index (κ3) is 5.35. The number of hydrogen-bond acceptors (Lipinski definition) is 4. The lowest BCUT2D eigenvalue weighted by Gasteiger charge is -2.19. The van der Waals surface area contributed by atoms with Gasteiger partial charge in [-0.05, 0) is 110 Å². The van der Waals surface area contributed by atoms with Crippen LogP contribution in [0.4, 0.5) is 5.69 Å². The minimum absolute atomic E-state index is 0.128. The highest BCUT2D eigenvalue weighted by atomic mass is 16.2. The molecule has 0 atom stereocenters. The smallest absolute Gasteiger partial charge is 0.247 e. The number of rotatable bonds is 7. The first-order chi connectivity index (χ1) is 22.7. The molecule has 7 aromatic rings. The molecule has 0 spiro atoms. The van der Waals surface area contributed by atoms with Gasteiger partial charge >= 0.3 is 0 Å². The zero-order valence-corrected chi connectivity index (χ0v) is 24.9. The van der Waals surface area contributed by atoms with Crippen molar-refractivity contribution in [1.82, 2.24) is 15.0 Å². The van der Waals surface area contributed by atoms with E-state index in [-0.39, 0.29) is 5.91 Å². The number of hydrogen-bond donors (Lipinski definition) is 0. The Hall–Kier alpha value is -6.20. The van der Waals surface area contributed by atoms with Gasteiger partial charge in [-0.2, -0.15) is 0 Å². The van der Waals surface area contributed by atoms with E-state index in [9.17, 15) is 4.79 Å². The Balaban J connectivity index is 1.27. The molecule has 4 aromatic carbocycles. The van der Waals surface area contributed by atoms with E-state index in [2.05, 4.69) is 99.9 Å². The van der Waals surface area contributed by atoms with Crippen molar-refractivity contribution in [1.29, 1.82) is 0 Å². The summed E-state index contributed by atoms with van der Waals surface area (Å²) in [4.78, 5) is 26.9. The van der Waals surface area contributed by atoms with Crippen LogP contribution in [0.5, 0.6) is 0 Å². The fourth-order valence-corrected chi connectivity index (χ4v) is 6.00. The first kappa shape index (κ1) is 27.4. The second-order valence-electron chi connectivity index (χ2n) is 11.3. The molecule has 3 aromatic heterocycles. The minimum Gasteiger partial charge on any atom is -0.301 e. The quantitative estimate of drug-likeness (QED) is 0.173. The van der Waals surface area contributed by atoms with E-state index in [1.807, 2.05) is 78.5 Å². The average molecular weight is 593 g/mol. The van der Waals surface area contributed by atoms with Crippen molar-refractivity contribution < 1.29 is 4.79 Å². The third-order valence-electron chi connectivity index (χ3n) is 8.55. The summed E-state index contributed by atoms with van der Waals surface area (Å²) in [6, 6.07) is 42.4. The van der Waals surface area contributed by atoms with Crippen LogP contribution in [0.3, 0.4) is 0 Å². The number of pyridine rings is 3. The molecule has 8 rings (SSSR count). The number of amides is 1. The van der Waals surface area contributed by atoms with Crippen molar-refractivity contribution in [3.63, 3.8) is 0 Å². The maximum Gasteiger partial charge on any atom is 0.247 e. The lowest BCUT2D eigenvalue weighted by Crippen LogP contribution is -1.99. The van der Waals surface area contributed by atoms with Crippen molar-refractivity contribution in [3.8, 4) is 66.8 Å². The molecule has 4 heterocycles. The first-order valence-corrected chi connectivity index (χ1v) is 15.2. The number of anilines is 1. The maximum absolute atomic E-state index is 12.6. The second-order valence-corrected chi connectivity index (χ2v) is 11.3. The van der Waals surface area contributed by atoms with Crippen LogP contribution in [-0.2, 0) is 4.79 Å². The van der Waals surface area contributed by atoms with Gasteiger partial charge in [0.15, 0.2) is 0 Å². The molecule has 0 saturated carbocycles. The van der Waals surface area contributed by atoms with Gasteiger partial charge in [0, 0.05) is 42.7 Å². The zero-order valence-electron chi connectivity index (χ0n) is 24.9. The van der Waals surface area contributed by atoms with E-state index in [0.717, 1.165) is 72.4 Å². The fourth-order valence-electron chi connectivity index (χ4n) is 6.00. The summed E-state index contributed by atoms with van der Waals surface area (Å²) < 4.78 is 0. The van der Waals surface area contributed by atoms with Gasteiger partial charge < -0.3 is 4.90 Å². The van der Waals surface area contributed by atoms with Crippen LogP contribution in [-0.4, -0.2) is 27.4 Å². The highest BCUT2D eigenvalue weighted by molar-refractivity contribution is 6.15. The molecule has 0 radical (unpaired) electrons. The zero-order chi connectivity index (χ0) is 30.9. The predicted molar refractivity (Wildman–Crippen MR) is 185 cm³/mol. The van der Waals surface area contributed by atoms with Crippen LogP contribution >= 0.6 is 0 Å². The van der Waals surface area contributed by atoms with Crippen molar-refractivity contribution in [3.05, 3.63) is 159 Å². The summed E-state index contributed by atoms with van der Waals surface area (Å²) in [5, 5.41) is 0. The van der Waals surface area contributed by atoms with Crippen molar-refractivity contribution in [2.24, 2.45) is 0 Å². The Bertz CT molecular complexity index is 2150. The Labute approximate surface area is 267 Å². The fraction of sp³-hybridized carbons (Fsp3) is 0.0244. The average Bonchev–Trinajstić information content (AvgIpc) is 3.88. The molecule has 1 amide bonds. The van der Waals surface area contributed by atoms with Gasteiger partial charge in [0.05, 0.1) is 5.69 Å².